The number of fused-ring (bicyclic) bond motifs is 2. The summed E-state index contributed by atoms with van der Waals surface area (Å²) in [5.41, 5.74) is 3.01. The molecule has 2 heterocycles. The maximum atomic E-state index is 13.9. The molecule has 3 aromatic rings. The van der Waals surface area contributed by atoms with Gasteiger partial charge in [0.15, 0.2) is 0 Å². The van der Waals surface area contributed by atoms with Crippen LogP contribution in [0.15, 0.2) is 48.8 Å². The van der Waals surface area contributed by atoms with E-state index in [1.807, 2.05) is 25.3 Å². The normalized spacial score (nSPS) is 25.3. The molecular weight excluding hydrogens is 403 g/mol. The highest BCUT2D eigenvalue weighted by molar-refractivity contribution is 5.92. The Bertz CT molecular complexity index is 1190. The van der Waals surface area contributed by atoms with E-state index in [0.29, 0.717) is 35.1 Å². The molecule has 0 bridgehead atoms. The van der Waals surface area contributed by atoms with Gasteiger partial charge < -0.3 is 5.32 Å². The Morgan fingerprint density at radius 1 is 1.12 bits per heavy atom. The van der Waals surface area contributed by atoms with Gasteiger partial charge in [0, 0.05) is 17.5 Å². The van der Waals surface area contributed by atoms with E-state index in [0.717, 1.165) is 36.6 Å². The zero-order valence-corrected chi connectivity index (χ0v) is 18.0. The lowest BCUT2D eigenvalue weighted by Crippen LogP contribution is -2.26. The number of benzene rings is 1. The van der Waals surface area contributed by atoms with Crippen molar-refractivity contribution in [1.82, 2.24) is 9.97 Å². The number of nitrogens with one attached hydrogen (secondary N) is 1. The first-order chi connectivity index (χ1) is 15.5. The molecule has 2 aliphatic rings. The van der Waals surface area contributed by atoms with E-state index in [2.05, 4.69) is 15.3 Å². The first-order valence-corrected chi connectivity index (χ1v) is 11.2. The maximum Gasteiger partial charge on any atom is 0.227 e. The number of anilines is 1. The zero-order valence-electron chi connectivity index (χ0n) is 18.0. The van der Waals surface area contributed by atoms with Gasteiger partial charge in [0.2, 0.25) is 5.91 Å². The third-order valence-corrected chi connectivity index (χ3v) is 7.50. The molecule has 1 amide bonds. The molecule has 2 aromatic heterocycles. The van der Waals surface area contributed by atoms with Crippen LogP contribution in [0.4, 0.5) is 10.1 Å². The first kappa shape index (κ1) is 20.6. The van der Waals surface area contributed by atoms with Crippen molar-refractivity contribution in [3.63, 3.8) is 0 Å². The van der Waals surface area contributed by atoms with Crippen LogP contribution >= 0.6 is 0 Å². The molecular formula is C26H25FN4O. The molecule has 6 heteroatoms. The summed E-state index contributed by atoms with van der Waals surface area (Å²) >= 11 is 0. The zero-order chi connectivity index (χ0) is 22.2. The number of hydrogen-bond donors (Lipinski definition) is 1. The lowest BCUT2D eigenvalue weighted by Gasteiger charge is -2.21. The van der Waals surface area contributed by atoms with Gasteiger partial charge in [-0.2, -0.15) is 5.26 Å². The lowest BCUT2D eigenvalue weighted by molar-refractivity contribution is -0.120. The lowest BCUT2D eigenvalue weighted by atomic mass is 9.86. The summed E-state index contributed by atoms with van der Waals surface area (Å²) in [6.07, 6.45) is 7.64. The summed E-state index contributed by atoms with van der Waals surface area (Å²) in [7, 11) is 0. The van der Waals surface area contributed by atoms with Crippen molar-refractivity contribution in [3.8, 4) is 6.07 Å². The second-order valence-corrected chi connectivity index (χ2v) is 9.30. The molecule has 0 spiro atoms. The molecule has 5 rings (SSSR count). The fourth-order valence-corrected chi connectivity index (χ4v) is 5.83. The maximum absolute atomic E-state index is 13.9. The van der Waals surface area contributed by atoms with Crippen molar-refractivity contribution in [3.05, 3.63) is 65.9 Å². The van der Waals surface area contributed by atoms with Gasteiger partial charge in [-0.25, -0.2) is 9.37 Å². The van der Waals surface area contributed by atoms with Gasteiger partial charge in [0.05, 0.1) is 17.4 Å². The Labute approximate surface area is 186 Å². The third kappa shape index (κ3) is 3.84. The first-order valence-electron chi connectivity index (χ1n) is 11.2. The number of rotatable bonds is 4. The standard InChI is InChI=1S/C26H25FN4O/c1-15(26(32)31-22-4-3-21(13-28)30-14-22)16-8-17-10-19(11-18(17)9-16)23-6-7-29-25-5-2-20(27)12-24(23)25/h2-7,12,14-19H,8-11H2,1H3,(H,31,32)/t15?,16?,17-,18?,19?/m0/s1. The predicted octanol–water partition coefficient (Wildman–Crippen LogP) is 5.44. The van der Waals surface area contributed by atoms with Gasteiger partial charge in [-0.05, 0) is 91.3 Å². The molecule has 1 N–H and O–H groups in total. The highest BCUT2D eigenvalue weighted by Gasteiger charge is 2.44. The SMILES string of the molecule is CC(C(=O)Nc1ccc(C#N)nc1)C1CC2CC(c3ccnc4ccc(F)cc34)C[C@@H]2C1. The monoisotopic (exact) mass is 428 g/mol. The summed E-state index contributed by atoms with van der Waals surface area (Å²) in [6, 6.07) is 12.2. The Hall–Kier alpha value is -3.33. The largest absolute Gasteiger partial charge is 0.324 e. The molecule has 0 aliphatic heterocycles. The Morgan fingerprint density at radius 3 is 2.59 bits per heavy atom. The number of halogens is 1. The van der Waals surface area contributed by atoms with Crippen LogP contribution in [-0.4, -0.2) is 15.9 Å². The molecule has 0 saturated heterocycles. The Kier molecular flexibility index (Phi) is 5.34. The highest BCUT2D eigenvalue weighted by Crippen LogP contribution is 2.54. The van der Waals surface area contributed by atoms with E-state index >= 15 is 0 Å². The molecule has 4 unspecified atom stereocenters. The number of aromatic nitrogens is 2. The third-order valence-electron chi connectivity index (χ3n) is 7.50. The van der Waals surface area contributed by atoms with Crippen LogP contribution < -0.4 is 5.32 Å². The van der Waals surface area contributed by atoms with Crippen LogP contribution in [0.2, 0.25) is 0 Å². The van der Waals surface area contributed by atoms with Crippen LogP contribution in [0, 0.1) is 40.8 Å². The summed E-state index contributed by atoms with van der Waals surface area (Å²) < 4.78 is 13.9. The summed E-state index contributed by atoms with van der Waals surface area (Å²) in [5.74, 6) is 1.71. The van der Waals surface area contributed by atoms with Crippen LogP contribution in [0.1, 0.15) is 49.8 Å². The van der Waals surface area contributed by atoms with Gasteiger partial charge in [-0.15, -0.1) is 0 Å². The van der Waals surface area contributed by atoms with Gasteiger partial charge in [0.25, 0.3) is 0 Å². The highest BCUT2D eigenvalue weighted by atomic mass is 19.1. The van der Waals surface area contributed by atoms with E-state index in [-0.39, 0.29) is 17.6 Å². The number of pyridine rings is 2. The second-order valence-electron chi connectivity index (χ2n) is 9.30. The number of amides is 1. The number of nitrogens with zero attached hydrogens (tertiary/aromatic N) is 3. The number of carbonyl (C=O) groups is 1. The summed E-state index contributed by atoms with van der Waals surface area (Å²) in [6.45, 7) is 2.01. The van der Waals surface area contributed by atoms with Gasteiger partial charge >= 0.3 is 0 Å². The van der Waals surface area contributed by atoms with Crippen LogP contribution in [0.3, 0.4) is 0 Å². The summed E-state index contributed by atoms with van der Waals surface area (Å²) in [4.78, 5) is 21.2. The molecule has 2 saturated carbocycles. The predicted molar refractivity (Wildman–Crippen MR) is 120 cm³/mol. The number of carbonyl (C=O) groups excluding carboxylic acids is 1. The van der Waals surface area contributed by atoms with E-state index < -0.39 is 0 Å². The van der Waals surface area contributed by atoms with E-state index in [9.17, 15) is 9.18 Å². The Balaban J connectivity index is 1.23. The minimum atomic E-state index is -0.220. The smallest absolute Gasteiger partial charge is 0.227 e. The van der Waals surface area contributed by atoms with Crippen LogP contribution in [0.5, 0.6) is 0 Å². The molecule has 32 heavy (non-hydrogen) atoms. The average molecular weight is 429 g/mol. The minimum Gasteiger partial charge on any atom is -0.324 e. The van der Waals surface area contributed by atoms with E-state index in [1.165, 1.54) is 17.8 Å². The van der Waals surface area contributed by atoms with Crippen molar-refractivity contribution >= 4 is 22.5 Å². The fraction of sp³-hybridized carbons (Fsp3) is 0.385. The minimum absolute atomic E-state index is 0.00799. The van der Waals surface area contributed by atoms with E-state index in [1.54, 1.807) is 24.3 Å². The van der Waals surface area contributed by atoms with Crippen molar-refractivity contribution in [2.24, 2.45) is 23.7 Å². The molecule has 2 fully saturated rings. The molecule has 2 aliphatic carbocycles. The van der Waals surface area contributed by atoms with Crippen LogP contribution in [-0.2, 0) is 4.79 Å². The molecule has 1 aromatic carbocycles. The van der Waals surface area contributed by atoms with Gasteiger partial charge in [-0.1, -0.05) is 6.92 Å². The van der Waals surface area contributed by atoms with Gasteiger partial charge in [0.1, 0.15) is 17.6 Å². The second kappa shape index (κ2) is 8.31. The Morgan fingerprint density at radius 2 is 1.91 bits per heavy atom. The van der Waals surface area contributed by atoms with Crippen molar-refractivity contribution in [1.29, 1.82) is 5.26 Å². The average Bonchev–Trinajstić information content (AvgIpc) is 3.38. The van der Waals surface area contributed by atoms with Crippen molar-refractivity contribution in [2.45, 2.75) is 38.5 Å². The van der Waals surface area contributed by atoms with Crippen LogP contribution in [0.25, 0.3) is 10.9 Å². The van der Waals surface area contributed by atoms with Crippen molar-refractivity contribution < 1.29 is 9.18 Å². The molecule has 5 atom stereocenters. The number of nitriles is 1. The van der Waals surface area contributed by atoms with Gasteiger partial charge in [-0.3, -0.25) is 9.78 Å². The quantitative estimate of drug-likeness (QED) is 0.601. The fourth-order valence-electron chi connectivity index (χ4n) is 5.83. The number of hydrogen-bond acceptors (Lipinski definition) is 4. The topological polar surface area (TPSA) is 78.7 Å². The molecule has 0 radical (unpaired) electrons. The van der Waals surface area contributed by atoms with Crippen molar-refractivity contribution in [2.75, 3.05) is 5.32 Å². The summed E-state index contributed by atoms with van der Waals surface area (Å²) in [5, 5.41) is 12.7. The van der Waals surface area contributed by atoms with E-state index in [4.69, 9.17) is 5.26 Å². The molecule has 162 valence electrons. The molecule has 5 nitrogen and oxygen atoms in total.